The van der Waals surface area contributed by atoms with Gasteiger partial charge in [-0.25, -0.2) is 15.0 Å². The number of carbonyl (C=O) groups excluding carboxylic acids is 1. The minimum Gasteiger partial charge on any atom is -0.691 e. The average Bonchev–Trinajstić information content (AvgIpc) is 3.80. The average molecular weight is 759 g/mol. The molecule has 10 nitrogen and oxygen atoms in total. The Morgan fingerprint density at radius 1 is 0.961 bits per heavy atom. The van der Waals surface area contributed by atoms with Crippen LogP contribution in [0.1, 0.15) is 60.8 Å². The monoisotopic (exact) mass is 758 g/mol. The van der Waals surface area contributed by atoms with Crippen molar-refractivity contribution in [2.24, 2.45) is 0 Å². The van der Waals surface area contributed by atoms with Crippen molar-refractivity contribution >= 4 is 61.0 Å². The zero-order valence-corrected chi connectivity index (χ0v) is 32.7. The lowest BCUT2D eigenvalue weighted by atomic mass is 9.98. The number of rotatable bonds is 11. The van der Waals surface area contributed by atoms with Crippen LogP contribution in [0.25, 0.3) is 22.3 Å². The van der Waals surface area contributed by atoms with Gasteiger partial charge in [0.05, 0.1) is 31.3 Å². The highest BCUT2D eigenvalue weighted by Gasteiger charge is 2.45. The molecule has 1 unspecified atom stereocenters. The van der Waals surface area contributed by atoms with Crippen molar-refractivity contribution in [3.05, 3.63) is 108 Å². The number of benzene rings is 3. The first-order valence-corrected chi connectivity index (χ1v) is 23.5. The minimum absolute atomic E-state index is 0.0203. The van der Waals surface area contributed by atoms with Crippen molar-refractivity contribution in [2.45, 2.75) is 69.7 Å². The van der Waals surface area contributed by atoms with E-state index in [0.717, 1.165) is 0 Å². The van der Waals surface area contributed by atoms with Gasteiger partial charge in [-0.05, 0) is 52.5 Å². The molecule has 1 aliphatic carbocycles. The van der Waals surface area contributed by atoms with Gasteiger partial charge in [0.1, 0.15) is 18.7 Å². The van der Waals surface area contributed by atoms with E-state index in [1.165, 1.54) is 28.6 Å². The van der Waals surface area contributed by atoms with E-state index in [-0.39, 0.29) is 29.6 Å². The Morgan fingerprint density at radius 2 is 1.59 bits per heavy atom. The maximum Gasteiger partial charge on any atom is 0.256 e. The molecule has 3 aromatic carbocycles. The van der Waals surface area contributed by atoms with E-state index in [1.807, 2.05) is 34.9 Å². The molecule has 2 aliphatic rings. The SMILES string of the molecule is CC(C)(C)[Si](C)(C)O[C@H]1C[C@H](n2cnc3c(NC(=O)c4ccccc4)ncnc32)O[C@@H]1COP(=S)([S-])OCC1c2ccccc2-c2ccccc21. The van der Waals surface area contributed by atoms with Gasteiger partial charge in [0.15, 0.2) is 25.3 Å². The Hall–Kier alpha value is -3.26. The third kappa shape index (κ3) is 7.49. The van der Waals surface area contributed by atoms with Gasteiger partial charge >= 0.3 is 0 Å². The molecule has 266 valence electrons. The van der Waals surface area contributed by atoms with Gasteiger partial charge in [-0.3, -0.25) is 9.36 Å². The molecule has 0 saturated carbocycles. The molecule has 5 aromatic rings. The summed E-state index contributed by atoms with van der Waals surface area (Å²) in [5, 5.41) is 2.84. The maximum absolute atomic E-state index is 12.9. The van der Waals surface area contributed by atoms with Crippen molar-refractivity contribution < 1.29 is 23.0 Å². The molecule has 14 heteroatoms. The molecule has 1 aliphatic heterocycles. The summed E-state index contributed by atoms with van der Waals surface area (Å²) in [6.45, 7) is 11.5. The fraction of sp³-hybridized carbons (Fsp3) is 0.351. The smallest absolute Gasteiger partial charge is 0.256 e. The summed E-state index contributed by atoms with van der Waals surface area (Å²) in [4.78, 5) is 26.3. The van der Waals surface area contributed by atoms with E-state index in [1.54, 1.807) is 18.5 Å². The van der Waals surface area contributed by atoms with Crippen molar-refractivity contribution in [2.75, 3.05) is 18.5 Å². The van der Waals surface area contributed by atoms with Gasteiger partial charge in [-0.1, -0.05) is 99.3 Å². The summed E-state index contributed by atoms with van der Waals surface area (Å²) in [6, 6.07) is 25.7. The van der Waals surface area contributed by atoms with E-state index < -0.39 is 26.3 Å². The number of hydrogen-bond acceptors (Lipinski definition) is 10. The van der Waals surface area contributed by atoms with E-state index in [9.17, 15) is 4.79 Å². The number of carbonyl (C=O) groups is 1. The van der Waals surface area contributed by atoms with E-state index in [0.29, 0.717) is 35.6 Å². The minimum atomic E-state index is -3.08. The second-order valence-corrected chi connectivity index (χ2v) is 24.2. The third-order valence-corrected chi connectivity index (χ3v) is 16.8. The fourth-order valence-electron chi connectivity index (χ4n) is 6.43. The number of fused-ring (bicyclic) bond motifs is 4. The number of nitrogens with zero attached hydrogens (tertiary/aromatic N) is 4. The molecule has 1 N–H and O–H groups in total. The molecule has 0 radical (unpaired) electrons. The highest BCUT2D eigenvalue weighted by atomic mass is 32.9. The largest absolute Gasteiger partial charge is 0.691 e. The Bertz CT molecular complexity index is 2060. The van der Waals surface area contributed by atoms with Gasteiger partial charge < -0.3 is 35.8 Å². The Balaban J connectivity index is 1.08. The normalized spacial score (nSPS) is 20.2. The summed E-state index contributed by atoms with van der Waals surface area (Å²) in [6.07, 6.45) is 2.35. The van der Waals surface area contributed by atoms with Crippen LogP contribution in [0.2, 0.25) is 18.1 Å². The Morgan fingerprint density at radius 3 is 2.25 bits per heavy atom. The molecular weight excluding hydrogens is 718 g/mol. The highest BCUT2D eigenvalue weighted by Crippen LogP contribution is 2.51. The molecule has 7 rings (SSSR count). The fourth-order valence-corrected chi connectivity index (χ4v) is 9.26. The maximum atomic E-state index is 12.9. The number of hydrogen-bond donors (Lipinski definition) is 1. The van der Waals surface area contributed by atoms with Crippen molar-refractivity contribution in [3.63, 3.8) is 0 Å². The van der Waals surface area contributed by atoms with Crippen molar-refractivity contribution in [1.29, 1.82) is 0 Å². The first kappa shape index (κ1) is 36.1. The predicted octanol–water partition coefficient (Wildman–Crippen LogP) is 8.37. The Labute approximate surface area is 309 Å². The molecule has 3 heterocycles. The lowest BCUT2D eigenvalue weighted by Crippen LogP contribution is -2.46. The lowest BCUT2D eigenvalue weighted by Gasteiger charge is -2.39. The number of aromatic nitrogens is 4. The molecule has 0 spiro atoms. The number of imidazole rings is 1. The van der Waals surface area contributed by atoms with E-state index in [4.69, 9.17) is 42.3 Å². The van der Waals surface area contributed by atoms with Crippen LogP contribution in [0.5, 0.6) is 0 Å². The van der Waals surface area contributed by atoms with Crippen LogP contribution in [-0.2, 0) is 42.3 Å². The van der Waals surface area contributed by atoms with Gasteiger partial charge in [-0.2, -0.15) is 0 Å². The lowest BCUT2D eigenvalue weighted by molar-refractivity contribution is -0.0358. The number of anilines is 1. The van der Waals surface area contributed by atoms with Crippen LogP contribution in [0, 0.1) is 0 Å². The quantitative estimate of drug-likeness (QED) is 0.0802. The van der Waals surface area contributed by atoms with E-state index in [2.05, 4.69) is 90.5 Å². The first-order chi connectivity index (χ1) is 24.3. The molecule has 1 fully saturated rings. The molecule has 1 amide bonds. The molecule has 51 heavy (non-hydrogen) atoms. The number of amides is 1. The summed E-state index contributed by atoms with van der Waals surface area (Å²) >= 11 is 11.6. The summed E-state index contributed by atoms with van der Waals surface area (Å²) < 4.78 is 28.0. The van der Waals surface area contributed by atoms with Crippen LogP contribution in [0.4, 0.5) is 5.82 Å². The number of ether oxygens (including phenoxy) is 1. The van der Waals surface area contributed by atoms with Crippen LogP contribution in [0.15, 0.2) is 91.5 Å². The molecule has 1 saturated heterocycles. The molecule has 4 atom stereocenters. The predicted molar refractivity (Wildman–Crippen MR) is 208 cm³/mol. The van der Waals surface area contributed by atoms with Crippen LogP contribution in [0.3, 0.4) is 0 Å². The number of nitrogens with one attached hydrogen (secondary N) is 1. The zero-order valence-electron chi connectivity index (χ0n) is 29.2. The van der Waals surface area contributed by atoms with Gasteiger partial charge in [0.25, 0.3) is 5.91 Å². The summed E-state index contributed by atoms with van der Waals surface area (Å²) in [7, 11) is -2.22. The molecule has 0 bridgehead atoms. The second kappa shape index (κ2) is 14.3. The van der Waals surface area contributed by atoms with Crippen molar-refractivity contribution in [3.8, 4) is 11.1 Å². The van der Waals surface area contributed by atoms with Gasteiger partial charge in [-0.15, -0.1) is 0 Å². The van der Waals surface area contributed by atoms with Crippen LogP contribution < -0.4 is 5.32 Å². The van der Waals surface area contributed by atoms with Crippen molar-refractivity contribution in [1.82, 2.24) is 19.5 Å². The van der Waals surface area contributed by atoms with E-state index >= 15 is 0 Å². The standard InChI is InChI=1S/C37H42N5O5PS2Si/c1-37(2,3)51(4,5)47-30-19-32(42-23-40-33-34(38-22-39-35(33)42)41-36(43)24-13-7-6-8-14-24)46-31(30)21-45-48(49,50)44-20-29-27-17-11-9-15-25(27)26-16-10-12-18-28(26)29/h6-18,22-23,29-32H,19-21H2,1-5H3,(H,49,50)(H,38,39,41,43)/p-1/t30-,31+,32+/m0/s1. The summed E-state index contributed by atoms with van der Waals surface area (Å²) in [5.74, 6) is 0.0495. The van der Waals surface area contributed by atoms with Gasteiger partial charge in [0.2, 0.25) is 0 Å². The van der Waals surface area contributed by atoms with Crippen LogP contribution >= 0.6 is 5.69 Å². The topological polar surface area (TPSA) is 110 Å². The Kier molecular flexibility index (Phi) is 10.1. The summed E-state index contributed by atoms with van der Waals surface area (Å²) in [5.41, 5.74) is 3.23. The molecule has 2 aromatic heterocycles. The first-order valence-electron chi connectivity index (χ1n) is 17.0. The highest BCUT2D eigenvalue weighted by molar-refractivity contribution is 8.51. The zero-order chi connectivity index (χ0) is 36.0. The van der Waals surface area contributed by atoms with Gasteiger partial charge in [0, 0.05) is 17.9 Å². The molecular formula is C37H41N5O5PS2Si-. The second-order valence-electron chi connectivity index (χ2n) is 14.4. The third-order valence-electron chi connectivity index (χ3n) is 10.1. The van der Waals surface area contributed by atoms with Crippen LogP contribution in [-0.4, -0.2) is 59.2 Å².